The number of nitrogens with zero attached hydrogens (tertiary/aromatic N) is 5. The van der Waals surface area contributed by atoms with E-state index in [1.165, 1.54) is 11.5 Å². The van der Waals surface area contributed by atoms with E-state index in [0.29, 0.717) is 24.0 Å². The smallest absolute Gasteiger partial charge is 0.214 e. The van der Waals surface area contributed by atoms with Gasteiger partial charge >= 0.3 is 0 Å². The molecule has 1 unspecified atom stereocenters. The van der Waals surface area contributed by atoms with Crippen molar-refractivity contribution in [2.75, 3.05) is 24.6 Å². The van der Waals surface area contributed by atoms with Crippen LogP contribution in [0.25, 0.3) is 0 Å². The molecule has 0 amide bonds. The van der Waals surface area contributed by atoms with Gasteiger partial charge in [-0.1, -0.05) is 0 Å². The van der Waals surface area contributed by atoms with Crippen LogP contribution in [-0.4, -0.2) is 34.0 Å². The molecular weight excluding hydrogens is 298 g/mol. The van der Waals surface area contributed by atoms with Gasteiger partial charge in [-0.25, -0.2) is 9.97 Å². The zero-order valence-corrected chi connectivity index (χ0v) is 13.2. The van der Waals surface area contributed by atoms with Crippen molar-refractivity contribution in [2.45, 2.75) is 19.8 Å². The lowest BCUT2D eigenvalue weighted by atomic mass is 9.99. The summed E-state index contributed by atoms with van der Waals surface area (Å²) >= 11 is 1.45. The zero-order chi connectivity index (χ0) is 15.4. The summed E-state index contributed by atoms with van der Waals surface area (Å²) in [5, 5.41) is 9.88. The molecule has 1 atom stereocenters. The topological polar surface area (TPSA) is 74.9 Å². The van der Waals surface area contributed by atoms with Gasteiger partial charge in [0.25, 0.3) is 0 Å². The number of pyridine rings is 1. The highest BCUT2D eigenvalue weighted by Crippen LogP contribution is 2.25. The van der Waals surface area contributed by atoms with Gasteiger partial charge in [0.15, 0.2) is 0 Å². The number of rotatable bonds is 4. The maximum absolute atomic E-state index is 8.89. The van der Waals surface area contributed by atoms with Crippen molar-refractivity contribution in [3.8, 4) is 11.9 Å². The van der Waals surface area contributed by atoms with Crippen LogP contribution < -0.4 is 9.64 Å². The Hall–Kier alpha value is -2.20. The van der Waals surface area contributed by atoms with Gasteiger partial charge in [0.2, 0.25) is 11.0 Å². The SMILES string of the molecule is Cc1nsc(N2CCCC(COc3cc(C#N)ccn3)C2)n1. The summed E-state index contributed by atoms with van der Waals surface area (Å²) in [6, 6.07) is 5.44. The number of ether oxygens (including phenoxy) is 1. The first-order chi connectivity index (χ1) is 10.7. The molecule has 0 saturated carbocycles. The van der Waals surface area contributed by atoms with Crippen LogP contribution in [0.2, 0.25) is 0 Å². The van der Waals surface area contributed by atoms with Crippen LogP contribution in [0.5, 0.6) is 5.88 Å². The van der Waals surface area contributed by atoms with Crippen LogP contribution in [0.4, 0.5) is 5.13 Å². The first kappa shape index (κ1) is 14.7. The maximum atomic E-state index is 8.89. The van der Waals surface area contributed by atoms with Crippen molar-refractivity contribution in [2.24, 2.45) is 5.92 Å². The van der Waals surface area contributed by atoms with Crippen molar-refractivity contribution in [3.05, 3.63) is 29.7 Å². The third-order valence-electron chi connectivity index (χ3n) is 3.64. The fourth-order valence-electron chi connectivity index (χ4n) is 2.55. The lowest BCUT2D eigenvalue weighted by molar-refractivity contribution is 0.222. The highest BCUT2D eigenvalue weighted by molar-refractivity contribution is 7.09. The van der Waals surface area contributed by atoms with E-state index in [0.717, 1.165) is 36.9 Å². The molecule has 3 rings (SSSR count). The van der Waals surface area contributed by atoms with E-state index in [9.17, 15) is 0 Å². The van der Waals surface area contributed by atoms with Gasteiger partial charge in [-0.3, -0.25) is 0 Å². The minimum Gasteiger partial charge on any atom is -0.477 e. The molecule has 2 aromatic heterocycles. The average Bonchev–Trinajstić information content (AvgIpc) is 3.00. The number of hydrogen-bond acceptors (Lipinski definition) is 7. The van der Waals surface area contributed by atoms with Crippen LogP contribution in [0.3, 0.4) is 0 Å². The monoisotopic (exact) mass is 315 g/mol. The molecule has 0 radical (unpaired) electrons. The van der Waals surface area contributed by atoms with E-state index in [1.807, 2.05) is 6.92 Å². The normalized spacial score (nSPS) is 18.0. The molecule has 6 nitrogen and oxygen atoms in total. The highest BCUT2D eigenvalue weighted by atomic mass is 32.1. The summed E-state index contributed by atoms with van der Waals surface area (Å²) in [5.74, 6) is 1.78. The Morgan fingerprint density at radius 3 is 3.23 bits per heavy atom. The fraction of sp³-hybridized carbons (Fsp3) is 0.467. The van der Waals surface area contributed by atoms with Crippen LogP contribution in [0, 0.1) is 24.2 Å². The van der Waals surface area contributed by atoms with Crippen molar-refractivity contribution in [1.29, 1.82) is 5.26 Å². The molecule has 0 aliphatic carbocycles. The number of nitriles is 1. The summed E-state index contributed by atoms with van der Waals surface area (Å²) in [6.07, 6.45) is 3.86. The molecule has 1 aliphatic rings. The third-order valence-corrected chi connectivity index (χ3v) is 4.51. The van der Waals surface area contributed by atoms with E-state index in [2.05, 4.69) is 25.3 Å². The first-order valence-corrected chi connectivity index (χ1v) is 8.06. The standard InChI is InChI=1S/C15H17N5OS/c1-11-18-15(22-19-11)20-6-2-3-13(9-20)10-21-14-7-12(8-16)4-5-17-14/h4-5,7,13H,2-3,6,9-10H2,1H3. The summed E-state index contributed by atoms with van der Waals surface area (Å²) in [7, 11) is 0. The van der Waals surface area contributed by atoms with Gasteiger partial charge < -0.3 is 9.64 Å². The molecule has 1 saturated heterocycles. The lowest BCUT2D eigenvalue weighted by Gasteiger charge is -2.31. The molecule has 7 heteroatoms. The molecule has 22 heavy (non-hydrogen) atoms. The van der Waals surface area contributed by atoms with E-state index < -0.39 is 0 Å². The number of hydrogen-bond donors (Lipinski definition) is 0. The van der Waals surface area contributed by atoms with E-state index >= 15 is 0 Å². The first-order valence-electron chi connectivity index (χ1n) is 7.29. The van der Waals surface area contributed by atoms with Crippen LogP contribution in [0.15, 0.2) is 18.3 Å². The second-order valence-electron chi connectivity index (χ2n) is 5.38. The molecule has 0 bridgehead atoms. The minimum absolute atomic E-state index is 0.436. The Morgan fingerprint density at radius 1 is 1.55 bits per heavy atom. The average molecular weight is 315 g/mol. The Labute approximate surface area is 133 Å². The Kier molecular flexibility index (Phi) is 4.49. The fourth-order valence-corrected chi connectivity index (χ4v) is 3.26. The maximum Gasteiger partial charge on any atom is 0.214 e. The largest absolute Gasteiger partial charge is 0.477 e. The summed E-state index contributed by atoms with van der Waals surface area (Å²) < 4.78 is 10.0. The quantitative estimate of drug-likeness (QED) is 0.862. The van der Waals surface area contributed by atoms with E-state index in [1.54, 1.807) is 18.3 Å². The van der Waals surface area contributed by atoms with Crippen molar-refractivity contribution in [3.63, 3.8) is 0 Å². The molecule has 3 heterocycles. The second kappa shape index (κ2) is 6.71. The van der Waals surface area contributed by atoms with Gasteiger partial charge in [0.05, 0.1) is 18.2 Å². The van der Waals surface area contributed by atoms with Crippen molar-refractivity contribution >= 4 is 16.7 Å². The molecule has 0 spiro atoms. The zero-order valence-electron chi connectivity index (χ0n) is 12.4. The van der Waals surface area contributed by atoms with Gasteiger partial charge in [-0.15, -0.1) is 0 Å². The number of aryl methyl sites for hydroxylation is 1. The molecule has 1 aliphatic heterocycles. The summed E-state index contributed by atoms with van der Waals surface area (Å²) in [5.41, 5.74) is 0.569. The van der Waals surface area contributed by atoms with Crippen LogP contribution >= 0.6 is 11.5 Å². The van der Waals surface area contributed by atoms with Crippen LogP contribution in [0.1, 0.15) is 24.2 Å². The predicted octanol–water partition coefficient (Wildman–Crippen LogP) is 2.41. The van der Waals surface area contributed by atoms with Crippen LogP contribution in [-0.2, 0) is 0 Å². The molecule has 114 valence electrons. The van der Waals surface area contributed by atoms with Gasteiger partial charge in [0, 0.05) is 42.8 Å². The lowest BCUT2D eigenvalue weighted by Crippen LogP contribution is -2.37. The third kappa shape index (κ3) is 3.52. The van der Waals surface area contributed by atoms with E-state index in [-0.39, 0.29) is 0 Å². The number of anilines is 1. The summed E-state index contributed by atoms with van der Waals surface area (Å²) in [6.45, 7) is 4.47. The predicted molar refractivity (Wildman–Crippen MR) is 84.0 cm³/mol. The van der Waals surface area contributed by atoms with Gasteiger partial charge in [-0.2, -0.15) is 9.64 Å². The number of aromatic nitrogens is 3. The summed E-state index contributed by atoms with van der Waals surface area (Å²) in [4.78, 5) is 10.9. The Balaban J connectivity index is 1.57. The van der Waals surface area contributed by atoms with Crippen molar-refractivity contribution < 1.29 is 4.74 Å². The van der Waals surface area contributed by atoms with Crippen molar-refractivity contribution in [1.82, 2.24) is 14.3 Å². The molecule has 0 aromatic carbocycles. The molecular formula is C15H17N5OS. The number of piperidine rings is 1. The molecule has 0 N–H and O–H groups in total. The molecule has 2 aromatic rings. The Morgan fingerprint density at radius 2 is 2.45 bits per heavy atom. The second-order valence-corrected chi connectivity index (χ2v) is 6.11. The highest BCUT2D eigenvalue weighted by Gasteiger charge is 2.23. The Bertz CT molecular complexity index is 681. The van der Waals surface area contributed by atoms with Gasteiger partial charge in [-0.05, 0) is 25.8 Å². The minimum atomic E-state index is 0.436. The molecule has 1 fully saturated rings. The van der Waals surface area contributed by atoms with Gasteiger partial charge in [0.1, 0.15) is 5.82 Å². The van der Waals surface area contributed by atoms with E-state index in [4.69, 9.17) is 10.00 Å².